The van der Waals surface area contributed by atoms with Crippen molar-refractivity contribution in [1.82, 2.24) is 4.90 Å². The monoisotopic (exact) mass is 183 g/mol. The Morgan fingerprint density at radius 2 is 1.85 bits per heavy atom. The predicted molar refractivity (Wildman–Crippen MR) is 47.9 cm³/mol. The number of nitrogens with zero attached hydrogens (tertiary/aromatic N) is 1. The number of carboxylic acids is 1. The van der Waals surface area contributed by atoms with Crippen molar-refractivity contribution in [2.24, 2.45) is 0 Å². The first kappa shape index (κ1) is 11.5. The van der Waals surface area contributed by atoms with Crippen LogP contribution in [0.15, 0.2) is 0 Å². The Bertz CT molecular complexity index is 252. The van der Waals surface area contributed by atoms with Crippen molar-refractivity contribution in [1.29, 1.82) is 0 Å². The van der Waals surface area contributed by atoms with Gasteiger partial charge >= 0.3 is 5.97 Å². The molecular weight excluding hydrogens is 170 g/mol. The molecule has 0 heterocycles. The minimum absolute atomic E-state index is 0.213. The number of hydrogen-bond donors (Lipinski definition) is 1. The SMILES string of the molecule is C#CC(=O)N(C(C)C)[C@H](C)C(=O)O. The van der Waals surface area contributed by atoms with Gasteiger partial charge in [0.1, 0.15) is 6.04 Å². The zero-order valence-corrected chi connectivity index (χ0v) is 7.94. The van der Waals surface area contributed by atoms with Crippen molar-refractivity contribution in [2.75, 3.05) is 0 Å². The molecule has 0 spiro atoms. The summed E-state index contributed by atoms with van der Waals surface area (Å²) in [5, 5.41) is 8.68. The molecule has 1 atom stereocenters. The molecule has 0 saturated heterocycles. The van der Waals surface area contributed by atoms with Crippen molar-refractivity contribution in [3.8, 4) is 12.3 Å². The molecule has 1 N–H and O–H groups in total. The first-order chi connectivity index (χ1) is 5.91. The van der Waals surface area contributed by atoms with Crippen molar-refractivity contribution >= 4 is 11.9 Å². The van der Waals surface area contributed by atoms with E-state index in [1.54, 1.807) is 13.8 Å². The lowest BCUT2D eigenvalue weighted by Crippen LogP contribution is -2.46. The van der Waals surface area contributed by atoms with Gasteiger partial charge < -0.3 is 10.0 Å². The van der Waals surface area contributed by atoms with Gasteiger partial charge in [-0.25, -0.2) is 4.79 Å². The summed E-state index contributed by atoms with van der Waals surface area (Å²) in [4.78, 5) is 22.9. The van der Waals surface area contributed by atoms with Gasteiger partial charge in [-0.05, 0) is 26.7 Å². The second-order valence-corrected chi connectivity index (χ2v) is 2.96. The topological polar surface area (TPSA) is 57.6 Å². The Balaban J connectivity index is 4.73. The summed E-state index contributed by atoms with van der Waals surface area (Å²) < 4.78 is 0. The maximum absolute atomic E-state index is 11.1. The first-order valence-corrected chi connectivity index (χ1v) is 3.93. The molecule has 0 aliphatic heterocycles. The lowest BCUT2D eigenvalue weighted by atomic mass is 10.2. The van der Waals surface area contributed by atoms with Crippen LogP contribution in [0.2, 0.25) is 0 Å². The predicted octanol–water partition coefficient (Wildman–Crippen LogP) is 0.330. The fraction of sp³-hybridized carbons (Fsp3) is 0.556. The fourth-order valence-electron chi connectivity index (χ4n) is 1.05. The summed E-state index contributed by atoms with van der Waals surface area (Å²) in [6.45, 7) is 4.86. The summed E-state index contributed by atoms with van der Waals surface area (Å²) in [7, 11) is 0. The second-order valence-electron chi connectivity index (χ2n) is 2.96. The van der Waals surface area contributed by atoms with Gasteiger partial charge in [-0.2, -0.15) is 0 Å². The Kier molecular flexibility index (Phi) is 3.99. The molecule has 0 aromatic carbocycles. The van der Waals surface area contributed by atoms with Crippen LogP contribution in [-0.2, 0) is 9.59 Å². The Labute approximate surface area is 77.5 Å². The molecule has 4 heteroatoms. The van der Waals surface area contributed by atoms with Crippen molar-refractivity contribution < 1.29 is 14.7 Å². The highest BCUT2D eigenvalue weighted by Crippen LogP contribution is 2.05. The van der Waals surface area contributed by atoms with E-state index in [0.29, 0.717) is 0 Å². The van der Waals surface area contributed by atoms with E-state index in [-0.39, 0.29) is 6.04 Å². The van der Waals surface area contributed by atoms with Gasteiger partial charge in [-0.1, -0.05) is 0 Å². The summed E-state index contributed by atoms with van der Waals surface area (Å²) in [6, 6.07) is -1.10. The van der Waals surface area contributed by atoms with Crippen LogP contribution < -0.4 is 0 Å². The van der Waals surface area contributed by atoms with Gasteiger partial charge in [-0.3, -0.25) is 4.79 Å². The maximum Gasteiger partial charge on any atom is 0.326 e. The van der Waals surface area contributed by atoms with Crippen LogP contribution in [0.25, 0.3) is 0 Å². The molecule has 1 amide bonds. The highest BCUT2D eigenvalue weighted by molar-refractivity contribution is 5.95. The van der Waals surface area contributed by atoms with Gasteiger partial charge in [0.25, 0.3) is 5.91 Å². The zero-order chi connectivity index (χ0) is 10.6. The molecule has 0 aliphatic carbocycles. The van der Waals surface area contributed by atoms with Crippen LogP contribution in [0.1, 0.15) is 20.8 Å². The molecular formula is C9H13NO3. The number of hydrogen-bond acceptors (Lipinski definition) is 2. The molecule has 13 heavy (non-hydrogen) atoms. The molecule has 0 aromatic rings. The van der Waals surface area contributed by atoms with E-state index in [9.17, 15) is 9.59 Å². The number of amides is 1. The van der Waals surface area contributed by atoms with Gasteiger partial charge in [-0.15, -0.1) is 6.42 Å². The van der Waals surface area contributed by atoms with Crippen molar-refractivity contribution in [2.45, 2.75) is 32.9 Å². The molecule has 0 saturated carbocycles. The molecule has 0 fully saturated rings. The van der Waals surface area contributed by atoms with E-state index in [0.717, 1.165) is 4.90 Å². The molecule has 0 radical (unpaired) electrons. The third kappa shape index (κ3) is 2.79. The summed E-state index contributed by atoms with van der Waals surface area (Å²) >= 11 is 0. The number of carbonyl (C=O) groups is 2. The molecule has 0 unspecified atom stereocenters. The number of carboxylic acid groups (broad SMARTS) is 1. The van der Waals surface area contributed by atoms with E-state index in [2.05, 4.69) is 0 Å². The quantitative estimate of drug-likeness (QED) is 0.641. The van der Waals surface area contributed by atoms with Crippen LogP contribution in [0.5, 0.6) is 0 Å². The summed E-state index contributed by atoms with van der Waals surface area (Å²) in [5.74, 6) is 0.255. The average Bonchev–Trinajstić information content (AvgIpc) is 2.03. The average molecular weight is 183 g/mol. The summed E-state index contributed by atoms with van der Waals surface area (Å²) in [5.41, 5.74) is 0. The highest BCUT2D eigenvalue weighted by atomic mass is 16.4. The Morgan fingerprint density at radius 3 is 2.08 bits per heavy atom. The van der Waals surface area contributed by atoms with Crippen LogP contribution in [-0.4, -0.2) is 34.0 Å². The smallest absolute Gasteiger partial charge is 0.326 e. The van der Waals surface area contributed by atoms with Crippen LogP contribution >= 0.6 is 0 Å². The van der Waals surface area contributed by atoms with Crippen molar-refractivity contribution in [3.63, 3.8) is 0 Å². The molecule has 72 valence electrons. The lowest BCUT2D eigenvalue weighted by Gasteiger charge is -2.28. The molecule has 0 rings (SSSR count). The molecule has 0 bridgehead atoms. The summed E-state index contributed by atoms with van der Waals surface area (Å²) in [6.07, 6.45) is 4.91. The normalized spacial score (nSPS) is 11.9. The molecule has 0 aromatic heterocycles. The van der Waals surface area contributed by atoms with Crippen LogP contribution in [0.3, 0.4) is 0 Å². The molecule has 0 aliphatic rings. The van der Waals surface area contributed by atoms with Gasteiger partial charge in [0.15, 0.2) is 0 Å². The minimum Gasteiger partial charge on any atom is -0.480 e. The number of carbonyl (C=O) groups excluding carboxylic acids is 1. The van der Waals surface area contributed by atoms with Crippen LogP contribution in [0, 0.1) is 12.3 Å². The Morgan fingerprint density at radius 1 is 1.38 bits per heavy atom. The maximum atomic E-state index is 11.1. The zero-order valence-electron chi connectivity index (χ0n) is 7.94. The van der Waals surface area contributed by atoms with Gasteiger partial charge in [0.2, 0.25) is 0 Å². The second kappa shape index (κ2) is 4.51. The lowest BCUT2D eigenvalue weighted by molar-refractivity contribution is -0.148. The fourth-order valence-corrected chi connectivity index (χ4v) is 1.05. The third-order valence-electron chi connectivity index (χ3n) is 1.69. The highest BCUT2D eigenvalue weighted by Gasteiger charge is 2.26. The van der Waals surface area contributed by atoms with E-state index in [1.165, 1.54) is 6.92 Å². The first-order valence-electron chi connectivity index (χ1n) is 3.93. The largest absolute Gasteiger partial charge is 0.480 e. The Hall–Kier alpha value is -1.50. The number of aliphatic carboxylic acids is 1. The standard InChI is InChI=1S/C9H13NO3/c1-5-8(11)10(6(2)3)7(4)9(12)13/h1,6-7H,2-4H3,(H,12,13)/t7-/m1/s1. The van der Waals surface area contributed by atoms with Crippen molar-refractivity contribution in [3.05, 3.63) is 0 Å². The number of rotatable bonds is 3. The van der Waals surface area contributed by atoms with Crippen LogP contribution in [0.4, 0.5) is 0 Å². The molecule has 4 nitrogen and oxygen atoms in total. The van der Waals surface area contributed by atoms with E-state index in [1.807, 2.05) is 5.92 Å². The van der Waals surface area contributed by atoms with E-state index in [4.69, 9.17) is 11.5 Å². The van der Waals surface area contributed by atoms with Gasteiger partial charge in [0, 0.05) is 6.04 Å². The van der Waals surface area contributed by atoms with E-state index >= 15 is 0 Å². The third-order valence-corrected chi connectivity index (χ3v) is 1.69. The minimum atomic E-state index is -1.06. The number of terminal acetylenes is 1. The van der Waals surface area contributed by atoms with Gasteiger partial charge in [0.05, 0.1) is 0 Å². The van der Waals surface area contributed by atoms with E-state index < -0.39 is 17.9 Å².